The van der Waals surface area contributed by atoms with Crippen molar-refractivity contribution >= 4 is 63.3 Å². The Balaban J connectivity index is 0.000000218. The number of nitrogens with one attached hydrogen (secondary N) is 1. The van der Waals surface area contributed by atoms with Crippen LogP contribution in [0.25, 0.3) is 33.4 Å². The third kappa shape index (κ3) is 25.2. The molecule has 3 fully saturated rings. The molecule has 0 aliphatic carbocycles. The molecule has 0 bridgehead atoms. The number of alkyl halides is 10. The number of pyridine rings is 3. The monoisotopic (exact) mass is 1790 g/mol. The molecule has 125 heavy (non-hydrogen) atoms. The summed E-state index contributed by atoms with van der Waals surface area (Å²) in [5, 5.41) is 12.8. The van der Waals surface area contributed by atoms with Gasteiger partial charge in [0.2, 0.25) is 0 Å². The number of aromatic nitrogens is 3. The number of aromatic hydroxyl groups is 1. The lowest BCUT2D eigenvalue weighted by atomic mass is 9.99. The van der Waals surface area contributed by atoms with Gasteiger partial charge in [-0.15, -0.1) is 0 Å². The van der Waals surface area contributed by atoms with Crippen molar-refractivity contribution in [1.29, 1.82) is 0 Å². The van der Waals surface area contributed by atoms with Gasteiger partial charge >= 0.3 is 30.7 Å². The number of aryl methyl sites for hydroxylation is 1. The van der Waals surface area contributed by atoms with E-state index in [9.17, 15) is 68.6 Å². The number of carbonyl (C=O) groups is 5. The van der Waals surface area contributed by atoms with Gasteiger partial charge in [0.25, 0.3) is 17.7 Å². The fraction of sp³-hybridized carbons (Fsp3) is 0.269. The topological polar surface area (TPSA) is 287 Å². The first kappa shape index (κ1) is 97.1. The molecule has 3 unspecified atom stereocenters. The molecule has 6 heterocycles. The third-order valence-corrected chi connectivity index (χ3v) is 19.5. The maximum absolute atomic E-state index is 13.6. The number of piperazine rings is 3. The van der Waals surface area contributed by atoms with Gasteiger partial charge < -0.3 is 61.3 Å². The lowest BCUT2D eigenvalue weighted by molar-refractivity contribution is -0.139. The van der Waals surface area contributed by atoms with Crippen LogP contribution < -0.4 is 32.0 Å². The summed E-state index contributed by atoms with van der Waals surface area (Å²) >= 11 is 3.13. The van der Waals surface area contributed by atoms with Crippen LogP contribution >= 0.6 is 15.9 Å². The minimum Gasteiger partial charge on any atom is -0.504 e. The van der Waals surface area contributed by atoms with Crippen molar-refractivity contribution in [3.63, 3.8) is 0 Å². The summed E-state index contributed by atoms with van der Waals surface area (Å²) in [4.78, 5) is 83.8. The molecule has 3 aliphatic rings. The van der Waals surface area contributed by atoms with Crippen molar-refractivity contribution in [2.24, 2.45) is 0 Å². The van der Waals surface area contributed by atoms with Crippen LogP contribution in [0.2, 0.25) is 0 Å². The molecule has 3 saturated heterocycles. The summed E-state index contributed by atoms with van der Waals surface area (Å²) < 4.78 is 141. The van der Waals surface area contributed by atoms with Crippen molar-refractivity contribution < 1.29 is 87.5 Å². The van der Waals surface area contributed by atoms with Crippen LogP contribution in [0.1, 0.15) is 157 Å². The molecular weight excluding hydrogens is 1700 g/mol. The normalized spacial score (nSPS) is 14.6. The minimum atomic E-state index is -4.54. The van der Waals surface area contributed by atoms with E-state index in [0.29, 0.717) is 91.8 Å². The molecule has 0 saturated carbocycles. The highest BCUT2D eigenvalue weighted by molar-refractivity contribution is 9.09. The van der Waals surface area contributed by atoms with Gasteiger partial charge in [-0.25, -0.2) is 24.5 Å². The van der Waals surface area contributed by atoms with Gasteiger partial charge in [-0.3, -0.25) is 24.2 Å². The smallest absolute Gasteiger partial charge is 0.419 e. The molecule has 8 N–H and O–H groups in total. The molecule has 22 nitrogen and oxygen atoms in total. The van der Waals surface area contributed by atoms with Crippen LogP contribution in [0.4, 0.5) is 66.6 Å². The second-order valence-electron chi connectivity index (χ2n) is 31.1. The van der Waals surface area contributed by atoms with Crippen molar-refractivity contribution in [2.45, 2.75) is 123 Å². The standard InChI is InChI=1S/C33H35F3N4O4.C27H25F3N4O2.C23H26N4O4.C9H8BrF3.CH4/c1-19-14-23(12-13-25(19)30(41)39-17-20(2)40(21(3)18-39)31(42)44-32(5,6)7)24-15-28(29(37)38-16-24)43-22(4)26-10-8-9-11-27(26)33(34,35)36;1-16-14-34(15-17(2)33-16)26(35)20-10-8-19(9-11-20)21-12-24(25(31)32-13-21)36-18(3)22-6-4-5-7-23(22)27(28,29)30;1-14-12-26(13-15(2)27(14)22(30)31-23(3,4)5)21(29)17-8-6-16(7-9-17)18-10-19(28)20(24)25-11-18;1-6(10)7-4-2-3-5-8(7)9(11,12)13;/h8-16,22H,2-3,17-18H2,1,4-7H3,(H2,37,38);4-13,18,33H,1-2,14-15H2,3H3,(H2,31,32);6-11,28H,1-2,12-13H2,3-5H3,(H2,24,25);2-6H,1H3;1H4. The van der Waals surface area contributed by atoms with Crippen LogP contribution in [0.5, 0.6) is 17.2 Å². The van der Waals surface area contributed by atoms with Gasteiger partial charge in [-0.1, -0.05) is 154 Å². The predicted octanol–water partition coefficient (Wildman–Crippen LogP) is 21.6. The molecule has 3 atom stereocenters. The summed E-state index contributed by atoms with van der Waals surface area (Å²) in [6.07, 6.45) is -11.7. The Bertz CT molecular complexity index is 5520. The van der Waals surface area contributed by atoms with E-state index in [2.05, 4.69) is 75.7 Å². The average Bonchev–Trinajstić information content (AvgIpc) is 0.807. The van der Waals surface area contributed by atoms with Gasteiger partial charge in [0.1, 0.15) is 23.4 Å². The highest BCUT2D eigenvalue weighted by Crippen LogP contribution is 2.42. The van der Waals surface area contributed by atoms with Crippen LogP contribution in [0.3, 0.4) is 0 Å². The Morgan fingerprint density at radius 1 is 0.440 bits per heavy atom. The van der Waals surface area contributed by atoms with Crippen LogP contribution in [0.15, 0.2) is 250 Å². The zero-order valence-corrected chi connectivity index (χ0v) is 71.3. The van der Waals surface area contributed by atoms with Gasteiger partial charge in [0.15, 0.2) is 34.7 Å². The fourth-order valence-electron chi connectivity index (χ4n) is 13.2. The molecule has 5 amide bonds. The van der Waals surface area contributed by atoms with Crippen molar-refractivity contribution in [3.8, 4) is 50.6 Å². The van der Waals surface area contributed by atoms with Crippen LogP contribution in [-0.4, -0.2) is 125 Å². The van der Waals surface area contributed by atoms with Crippen LogP contribution in [0, 0.1) is 6.92 Å². The number of nitrogen functional groups attached to an aromatic ring is 3. The zero-order chi connectivity index (χ0) is 91.6. The Labute approximate surface area is 728 Å². The predicted molar refractivity (Wildman–Crippen MR) is 467 cm³/mol. The zero-order valence-electron chi connectivity index (χ0n) is 69.7. The maximum atomic E-state index is 13.6. The van der Waals surface area contributed by atoms with E-state index in [1.807, 2.05) is 0 Å². The first-order valence-corrected chi connectivity index (χ1v) is 39.3. The van der Waals surface area contributed by atoms with E-state index in [4.69, 9.17) is 36.1 Å². The van der Waals surface area contributed by atoms with Gasteiger partial charge in [-0.05, 0) is 164 Å². The molecular formula is C93H98BrF9N12O10. The van der Waals surface area contributed by atoms with Crippen LogP contribution in [-0.2, 0) is 28.0 Å². The van der Waals surface area contributed by atoms with E-state index < -0.39 is 70.8 Å². The van der Waals surface area contributed by atoms with E-state index >= 15 is 0 Å². The number of rotatable bonds is 13. The number of anilines is 3. The number of benzene rings is 6. The second-order valence-corrected chi connectivity index (χ2v) is 32.5. The minimum absolute atomic E-state index is 0. The van der Waals surface area contributed by atoms with E-state index in [0.717, 1.165) is 29.3 Å². The molecule has 32 heteroatoms. The number of carbonyl (C=O) groups excluding carboxylic acids is 5. The Kier molecular flexibility index (Phi) is 30.9. The highest BCUT2D eigenvalue weighted by Gasteiger charge is 2.40. The van der Waals surface area contributed by atoms with Gasteiger partial charge in [0.05, 0.1) is 56.0 Å². The fourth-order valence-corrected chi connectivity index (χ4v) is 13.6. The molecule has 3 aromatic heterocycles. The first-order chi connectivity index (χ1) is 57.9. The summed E-state index contributed by atoms with van der Waals surface area (Å²) in [5.74, 6) is -0.297. The average molecular weight is 1790 g/mol. The summed E-state index contributed by atoms with van der Waals surface area (Å²) in [7, 11) is 0. The largest absolute Gasteiger partial charge is 0.504 e. The lowest BCUT2D eigenvalue weighted by Crippen LogP contribution is -2.48. The van der Waals surface area contributed by atoms with E-state index in [-0.39, 0.29) is 108 Å². The Morgan fingerprint density at radius 2 is 0.760 bits per heavy atom. The molecule has 660 valence electrons. The number of hydrogen-bond donors (Lipinski definition) is 5. The van der Waals surface area contributed by atoms with Crippen molar-refractivity contribution in [1.82, 2.24) is 44.8 Å². The lowest BCUT2D eigenvalue weighted by Gasteiger charge is -2.38. The summed E-state index contributed by atoms with van der Waals surface area (Å²) in [6.45, 7) is 41.9. The molecule has 0 radical (unpaired) electrons. The highest BCUT2D eigenvalue weighted by atomic mass is 79.9. The third-order valence-electron chi connectivity index (χ3n) is 19.0. The van der Waals surface area contributed by atoms with Gasteiger partial charge in [0, 0.05) is 102 Å². The Morgan fingerprint density at radius 3 is 1.10 bits per heavy atom. The van der Waals surface area contributed by atoms with Crippen molar-refractivity contribution in [3.05, 3.63) is 306 Å². The molecule has 3 aliphatic heterocycles. The quantitative estimate of drug-likeness (QED) is 0.0529. The Hall–Kier alpha value is -13.4. The second kappa shape index (κ2) is 39.9. The van der Waals surface area contributed by atoms with E-state index in [1.54, 1.807) is 161 Å². The molecule has 9 aromatic rings. The molecule has 6 aromatic carbocycles. The van der Waals surface area contributed by atoms with Gasteiger partial charge in [-0.2, -0.15) is 39.5 Å². The maximum Gasteiger partial charge on any atom is 0.419 e. The number of nitrogens with zero attached hydrogens (tertiary/aromatic N) is 8. The van der Waals surface area contributed by atoms with Crippen molar-refractivity contribution in [2.75, 3.05) is 56.5 Å². The number of nitrogens with two attached hydrogens (primary N) is 3. The van der Waals surface area contributed by atoms with E-state index in [1.165, 1.54) is 90.6 Å². The number of halogens is 10. The number of amides is 5. The summed E-state index contributed by atoms with van der Waals surface area (Å²) in [5.41, 5.74) is 23.5. The SMILES string of the molecule is C.C=C1CN(C(=O)c2ccc(-c3cnc(N)c(O)c3)cc2)CC(=C)N1C(=O)OC(C)(C)C.C=C1CN(C(=O)c2ccc(-c3cnc(N)c(OC(C)c4ccccc4C(F)(F)F)c3)cc2)CC(=C)N1.C=C1CN(C(=O)c2ccc(-c3cnc(N)c(OC(C)c4ccccc4C(F)(F)F)c3)cc2C)CC(=C)N1C(=O)OC(C)(C)C.CC(Br)c1ccccc1C(F)(F)F. The number of ether oxygens (including phenoxy) is 4. The summed E-state index contributed by atoms with van der Waals surface area (Å²) in [6, 6.07) is 39.8. The first-order valence-electron chi connectivity index (χ1n) is 38.4. The molecule has 12 rings (SSSR count). The number of hydrogen-bond acceptors (Lipinski definition) is 17. The molecule has 0 spiro atoms.